The van der Waals surface area contributed by atoms with Gasteiger partial charge in [0, 0.05) is 12.6 Å². The Hall–Kier alpha value is -1.75. The Labute approximate surface area is 120 Å². The van der Waals surface area contributed by atoms with Crippen LogP contribution in [0.25, 0.3) is 0 Å². The molecule has 0 saturated heterocycles. The van der Waals surface area contributed by atoms with Gasteiger partial charge in [-0.15, -0.1) is 0 Å². The molecule has 2 unspecified atom stereocenters. The van der Waals surface area contributed by atoms with Crippen LogP contribution in [0.2, 0.25) is 0 Å². The molecule has 1 aromatic carbocycles. The van der Waals surface area contributed by atoms with Gasteiger partial charge in [-0.1, -0.05) is 25.5 Å². The zero-order valence-corrected chi connectivity index (χ0v) is 12.1. The minimum Gasteiger partial charge on any atom is -0.508 e. The lowest BCUT2D eigenvalue weighted by Gasteiger charge is -2.16. The van der Waals surface area contributed by atoms with E-state index in [1.807, 2.05) is 26.0 Å². The number of rotatable bonds is 7. The van der Waals surface area contributed by atoms with Gasteiger partial charge in [-0.2, -0.15) is 0 Å². The van der Waals surface area contributed by atoms with Crippen molar-refractivity contribution in [3.05, 3.63) is 29.8 Å². The number of benzene rings is 1. The van der Waals surface area contributed by atoms with E-state index in [1.54, 1.807) is 12.1 Å². The number of phenolic OH excluding ortho intramolecular Hbond substituents is 1. The van der Waals surface area contributed by atoms with Crippen molar-refractivity contribution in [2.45, 2.75) is 45.3 Å². The molecule has 2 amide bonds. The number of aromatic hydroxyl groups is 1. The number of nitrogens with one attached hydrogen (secondary N) is 2. The van der Waals surface area contributed by atoms with Crippen LogP contribution in [0.5, 0.6) is 5.75 Å². The van der Waals surface area contributed by atoms with Crippen molar-refractivity contribution in [2.75, 3.05) is 6.54 Å². The van der Waals surface area contributed by atoms with Crippen LogP contribution >= 0.6 is 0 Å². The summed E-state index contributed by atoms with van der Waals surface area (Å²) in [6.45, 7) is 4.17. The average Bonchev–Trinajstić information content (AvgIpc) is 2.39. The number of amides is 2. The summed E-state index contributed by atoms with van der Waals surface area (Å²) in [5, 5.41) is 24.2. The summed E-state index contributed by atoms with van der Waals surface area (Å²) in [5.74, 6) is 0.233. The number of hydrogen-bond acceptors (Lipinski definition) is 3. The van der Waals surface area contributed by atoms with Crippen molar-refractivity contribution in [3.8, 4) is 5.75 Å². The van der Waals surface area contributed by atoms with E-state index >= 15 is 0 Å². The Kier molecular flexibility index (Phi) is 6.87. The topological polar surface area (TPSA) is 81.6 Å². The van der Waals surface area contributed by atoms with Gasteiger partial charge >= 0.3 is 6.03 Å². The summed E-state index contributed by atoms with van der Waals surface area (Å²) in [5.41, 5.74) is 1.04. The SMILES string of the molecule is CCCC(O)CNC(=O)NC(C)Cc1ccc(O)cc1. The second-order valence-corrected chi connectivity index (χ2v) is 5.07. The fourth-order valence-electron chi connectivity index (χ4n) is 1.96. The molecule has 4 N–H and O–H groups in total. The van der Waals surface area contributed by atoms with Crippen LogP contribution < -0.4 is 10.6 Å². The molecule has 0 bridgehead atoms. The first-order valence-electron chi connectivity index (χ1n) is 7.01. The quantitative estimate of drug-likeness (QED) is 0.614. The zero-order chi connectivity index (χ0) is 15.0. The van der Waals surface area contributed by atoms with Crippen LogP contribution in [0.3, 0.4) is 0 Å². The van der Waals surface area contributed by atoms with E-state index in [4.69, 9.17) is 0 Å². The molecular weight excluding hydrogens is 256 g/mol. The summed E-state index contributed by atoms with van der Waals surface area (Å²) in [6, 6.07) is 6.62. The first-order chi connectivity index (χ1) is 9.51. The second-order valence-electron chi connectivity index (χ2n) is 5.07. The lowest BCUT2D eigenvalue weighted by atomic mass is 10.1. The number of urea groups is 1. The van der Waals surface area contributed by atoms with Crippen LogP contribution in [-0.2, 0) is 6.42 Å². The lowest BCUT2D eigenvalue weighted by Crippen LogP contribution is -2.44. The first-order valence-corrected chi connectivity index (χ1v) is 7.01. The highest BCUT2D eigenvalue weighted by molar-refractivity contribution is 5.74. The second kappa shape index (κ2) is 8.43. The monoisotopic (exact) mass is 280 g/mol. The maximum Gasteiger partial charge on any atom is 0.315 e. The molecule has 5 nitrogen and oxygen atoms in total. The highest BCUT2D eigenvalue weighted by Crippen LogP contribution is 2.11. The molecule has 0 aliphatic heterocycles. The summed E-state index contributed by atoms with van der Waals surface area (Å²) in [4.78, 5) is 11.6. The Morgan fingerprint density at radius 3 is 2.55 bits per heavy atom. The number of hydrogen-bond donors (Lipinski definition) is 4. The summed E-state index contributed by atoms with van der Waals surface area (Å²) in [7, 11) is 0. The Bertz CT molecular complexity index is 406. The van der Waals surface area contributed by atoms with Gasteiger partial charge in [0.1, 0.15) is 5.75 Å². The number of carbonyl (C=O) groups is 1. The molecule has 0 saturated carbocycles. The van der Waals surface area contributed by atoms with E-state index < -0.39 is 6.10 Å². The fourth-order valence-corrected chi connectivity index (χ4v) is 1.96. The third-order valence-electron chi connectivity index (χ3n) is 2.98. The number of aliphatic hydroxyl groups excluding tert-OH is 1. The van der Waals surface area contributed by atoms with Gasteiger partial charge in [0.2, 0.25) is 0 Å². The molecule has 0 fully saturated rings. The molecule has 1 aromatic rings. The van der Waals surface area contributed by atoms with E-state index in [9.17, 15) is 15.0 Å². The summed E-state index contributed by atoms with van der Waals surface area (Å²) < 4.78 is 0. The van der Waals surface area contributed by atoms with Gasteiger partial charge in [-0.25, -0.2) is 4.79 Å². The van der Waals surface area contributed by atoms with Gasteiger partial charge in [0.25, 0.3) is 0 Å². The highest BCUT2D eigenvalue weighted by atomic mass is 16.3. The van der Waals surface area contributed by atoms with E-state index in [0.29, 0.717) is 12.8 Å². The van der Waals surface area contributed by atoms with Gasteiger partial charge in [-0.05, 0) is 37.5 Å². The molecule has 0 spiro atoms. The first kappa shape index (κ1) is 16.3. The Morgan fingerprint density at radius 2 is 1.95 bits per heavy atom. The van der Waals surface area contributed by atoms with Gasteiger partial charge in [-0.3, -0.25) is 0 Å². The third-order valence-corrected chi connectivity index (χ3v) is 2.98. The van der Waals surface area contributed by atoms with Crippen molar-refractivity contribution in [2.24, 2.45) is 0 Å². The van der Waals surface area contributed by atoms with Gasteiger partial charge in [0.15, 0.2) is 0 Å². The molecule has 5 heteroatoms. The highest BCUT2D eigenvalue weighted by Gasteiger charge is 2.09. The average molecular weight is 280 g/mol. The minimum atomic E-state index is -0.488. The molecular formula is C15H24N2O3. The molecule has 1 rings (SSSR count). The van der Waals surface area contributed by atoms with Crippen LogP contribution in [0, 0.1) is 0 Å². The maximum absolute atomic E-state index is 11.6. The van der Waals surface area contributed by atoms with Gasteiger partial charge < -0.3 is 20.8 Å². The van der Waals surface area contributed by atoms with Gasteiger partial charge in [0.05, 0.1) is 6.10 Å². The van der Waals surface area contributed by atoms with Crippen molar-refractivity contribution in [1.29, 1.82) is 0 Å². The molecule has 2 atom stereocenters. The number of phenols is 1. The lowest BCUT2D eigenvalue weighted by molar-refractivity contribution is 0.160. The summed E-state index contributed by atoms with van der Waals surface area (Å²) in [6.07, 6.45) is 1.77. The van der Waals surface area contributed by atoms with E-state index in [0.717, 1.165) is 12.0 Å². The standard InChI is InChI=1S/C15H24N2O3/c1-3-4-14(19)10-16-15(20)17-11(2)9-12-5-7-13(18)8-6-12/h5-8,11,14,18-19H,3-4,9-10H2,1-2H3,(H2,16,17,20). The Balaban J connectivity index is 2.29. The van der Waals surface area contributed by atoms with Crippen molar-refractivity contribution in [3.63, 3.8) is 0 Å². The van der Waals surface area contributed by atoms with Crippen molar-refractivity contribution < 1.29 is 15.0 Å². The molecule has 0 aliphatic rings. The predicted octanol–water partition coefficient (Wildman–Crippen LogP) is 1.78. The van der Waals surface area contributed by atoms with Crippen LogP contribution in [0.15, 0.2) is 24.3 Å². The number of aliphatic hydroxyl groups is 1. The van der Waals surface area contributed by atoms with Crippen molar-refractivity contribution >= 4 is 6.03 Å². The molecule has 112 valence electrons. The minimum absolute atomic E-state index is 0.0251. The molecule has 0 radical (unpaired) electrons. The predicted molar refractivity (Wildman–Crippen MR) is 78.7 cm³/mol. The molecule has 0 heterocycles. The van der Waals surface area contributed by atoms with Crippen LogP contribution in [-0.4, -0.2) is 34.9 Å². The maximum atomic E-state index is 11.6. The molecule has 0 aromatic heterocycles. The number of carbonyl (C=O) groups excluding carboxylic acids is 1. The fraction of sp³-hybridized carbons (Fsp3) is 0.533. The summed E-state index contributed by atoms with van der Waals surface area (Å²) >= 11 is 0. The van der Waals surface area contributed by atoms with Crippen LogP contribution in [0.4, 0.5) is 4.79 Å². The van der Waals surface area contributed by atoms with E-state index in [1.165, 1.54) is 0 Å². The Morgan fingerprint density at radius 1 is 1.30 bits per heavy atom. The van der Waals surface area contributed by atoms with Crippen LogP contribution in [0.1, 0.15) is 32.3 Å². The molecule has 0 aliphatic carbocycles. The third kappa shape index (κ3) is 6.43. The smallest absolute Gasteiger partial charge is 0.315 e. The zero-order valence-electron chi connectivity index (χ0n) is 12.1. The molecule has 20 heavy (non-hydrogen) atoms. The van der Waals surface area contributed by atoms with E-state index in [2.05, 4.69) is 10.6 Å². The van der Waals surface area contributed by atoms with E-state index in [-0.39, 0.29) is 24.4 Å². The largest absolute Gasteiger partial charge is 0.508 e. The van der Waals surface area contributed by atoms with Crippen molar-refractivity contribution in [1.82, 2.24) is 10.6 Å². The normalized spacial score (nSPS) is 13.6.